The number of benzene rings is 2. The molecule has 0 bridgehead atoms. The smallest absolute Gasteiger partial charge is 0.257 e. The quantitative estimate of drug-likeness (QED) is 0.531. The minimum atomic E-state index is -0.353. The molecule has 0 aliphatic heterocycles. The van der Waals surface area contributed by atoms with Crippen LogP contribution in [0.1, 0.15) is 31.8 Å². The molecule has 2 amide bonds. The number of pyridine rings is 2. The van der Waals surface area contributed by atoms with E-state index in [2.05, 4.69) is 20.6 Å². The number of aromatic nitrogens is 2. The van der Waals surface area contributed by atoms with E-state index in [9.17, 15) is 9.59 Å². The van der Waals surface area contributed by atoms with Gasteiger partial charge in [-0.1, -0.05) is 48.0 Å². The van der Waals surface area contributed by atoms with Gasteiger partial charge in [0.1, 0.15) is 0 Å². The Bertz CT molecular complexity index is 1210. The van der Waals surface area contributed by atoms with E-state index in [1.165, 1.54) is 18.5 Å². The van der Waals surface area contributed by atoms with Crippen LogP contribution in [-0.4, -0.2) is 21.8 Å². The summed E-state index contributed by atoms with van der Waals surface area (Å²) in [6.45, 7) is 2.41. The molecule has 0 radical (unpaired) electrons. The summed E-state index contributed by atoms with van der Waals surface area (Å²) in [4.78, 5) is 33.6. The number of nitrogens with one attached hydrogen (secondary N) is 2. The summed E-state index contributed by atoms with van der Waals surface area (Å²) in [7, 11) is 0. The third-order valence-electron chi connectivity index (χ3n) is 4.72. The summed E-state index contributed by atoms with van der Waals surface area (Å²) in [5.41, 5.74) is 4.09. The summed E-state index contributed by atoms with van der Waals surface area (Å²) in [6.07, 6.45) is 4.56. The Hall–Kier alpha value is -4.06. The second kappa shape index (κ2) is 8.53. The van der Waals surface area contributed by atoms with E-state index in [1.54, 1.807) is 12.3 Å². The molecule has 0 spiro atoms. The number of anilines is 1. The van der Waals surface area contributed by atoms with Crippen molar-refractivity contribution < 1.29 is 9.59 Å². The Morgan fingerprint density at radius 3 is 2.43 bits per heavy atom. The van der Waals surface area contributed by atoms with Crippen molar-refractivity contribution in [3.63, 3.8) is 0 Å². The standard InChI is InChI=1S/C24H20N4O2/c1-16-7-9-17(10-8-16)13-27-23(29)19-12-20(15-25-14-19)24(30)28-21-6-2-4-18-5-3-11-26-22(18)21/h2-12,14-15H,13H2,1H3,(H,27,29)(H,28,30). The van der Waals surface area contributed by atoms with Crippen molar-refractivity contribution >= 4 is 28.4 Å². The summed E-state index contributed by atoms with van der Waals surface area (Å²) < 4.78 is 0. The summed E-state index contributed by atoms with van der Waals surface area (Å²) in [5, 5.41) is 6.64. The number of carbonyl (C=O) groups is 2. The molecule has 6 heteroatoms. The van der Waals surface area contributed by atoms with Crippen LogP contribution in [0.15, 0.2) is 79.3 Å². The van der Waals surface area contributed by atoms with Gasteiger partial charge in [-0.3, -0.25) is 19.6 Å². The highest BCUT2D eigenvalue weighted by molar-refractivity contribution is 6.09. The highest BCUT2D eigenvalue weighted by Gasteiger charge is 2.13. The van der Waals surface area contributed by atoms with Crippen LogP contribution >= 0.6 is 0 Å². The second-order valence-corrected chi connectivity index (χ2v) is 6.97. The fraction of sp³-hybridized carbons (Fsp3) is 0.0833. The Labute approximate surface area is 174 Å². The van der Waals surface area contributed by atoms with Gasteiger partial charge in [-0.05, 0) is 30.7 Å². The minimum Gasteiger partial charge on any atom is -0.348 e. The number of nitrogens with zero attached hydrogens (tertiary/aromatic N) is 2. The zero-order valence-corrected chi connectivity index (χ0v) is 16.4. The van der Waals surface area contributed by atoms with Gasteiger partial charge in [-0.2, -0.15) is 0 Å². The van der Waals surface area contributed by atoms with Crippen LogP contribution in [0.3, 0.4) is 0 Å². The molecule has 2 aromatic carbocycles. The van der Waals surface area contributed by atoms with E-state index < -0.39 is 0 Å². The van der Waals surface area contributed by atoms with Gasteiger partial charge in [0.25, 0.3) is 11.8 Å². The molecule has 0 atom stereocenters. The van der Waals surface area contributed by atoms with Crippen LogP contribution in [0.5, 0.6) is 0 Å². The Balaban J connectivity index is 1.47. The lowest BCUT2D eigenvalue weighted by molar-refractivity contribution is 0.0950. The van der Waals surface area contributed by atoms with Gasteiger partial charge in [0.2, 0.25) is 0 Å². The number of rotatable bonds is 5. The topological polar surface area (TPSA) is 84.0 Å². The van der Waals surface area contributed by atoms with Gasteiger partial charge in [0.05, 0.1) is 22.3 Å². The van der Waals surface area contributed by atoms with Crippen molar-refractivity contribution in [3.8, 4) is 0 Å². The van der Waals surface area contributed by atoms with Crippen molar-refractivity contribution in [2.75, 3.05) is 5.32 Å². The number of para-hydroxylation sites is 1. The number of hydrogen-bond donors (Lipinski definition) is 2. The summed E-state index contributed by atoms with van der Waals surface area (Å²) in [6, 6.07) is 18.8. The molecule has 6 nitrogen and oxygen atoms in total. The van der Waals surface area contributed by atoms with Crippen LogP contribution in [-0.2, 0) is 6.54 Å². The molecule has 4 rings (SSSR count). The van der Waals surface area contributed by atoms with Gasteiger partial charge >= 0.3 is 0 Å². The van der Waals surface area contributed by atoms with Crippen molar-refractivity contribution in [1.29, 1.82) is 0 Å². The minimum absolute atomic E-state index is 0.287. The molecule has 0 fully saturated rings. The molecular formula is C24H20N4O2. The number of aryl methyl sites for hydroxylation is 1. The van der Waals surface area contributed by atoms with Crippen molar-refractivity contribution in [3.05, 3.63) is 102 Å². The average Bonchev–Trinajstić information content (AvgIpc) is 2.79. The van der Waals surface area contributed by atoms with E-state index in [-0.39, 0.29) is 11.8 Å². The van der Waals surface area contributed by atoms with E-state index in [1.807, 2.05) is 55.5 Å². The maximum absolute atomic E-state index is 12.7. The molecule has 0 aliphatic carbocycles. The number of fused-ring (bicyclic) bond motifs is 1. The first-order chi connectivity index (χ1) is 14.6. The highest BCUT2D eigenvalue weighted by atomic mass is 16.2. The molecule has 2 N–H and O–H groups in total. The molecular weight excluding hydrogens is 376 g/mol. The third kappa shape index (κ3) is 4.33. The van der Waals surface area contributed by atoms with E-state index >= 15 is 0 Å². The van der Waals surface area contributed by atoms with Crippen molar-refractivity contribution in [1.82, 2.24) is 15.3 Å². The van der Waals surface area contributed by atoms with Crippen LogP contribution < -0.4 is 10.6 Å². The van der Waals surface area contributed by atoms with Crippen molar-refractivity contribution in [2.24, 2.45) is 0 Å². The molecule has 0 saturated heterocycles. The molecule has 30 heavy (non-hydrogen) atoms. The third-order valence-corrected chi connectivity index (χ3v) is 4.72. The molecule has 148 valence electrons. The van der Waals surface area contributed by atoms with Crippen LogP contribution in [0.2, 0.25) is 0 Å². The monoisotopic (exact) mass is 396 g/mol. The Kier molecular flexibility index (Phi) is 5.48. The lowest BCUT2D eigenvalue weighted by Crippen LogP contribution is -2.23. The largest absolute Gasteiger partial charge is 0.348 e. The van der Waals surface area contributed by atoms with Crippen molar-refractivity contribution in [2.45, 2.75) is 13.5 Å². The second-order valence-electron chi connectivity index (χ2n) is 6.97. The van der Waals surface area contributed by atoms with Gasteiger partial charge in [0.15, 0.2) is 0 Å². The van der Waals surface area contributed by atoms with Gasteiger partial charge < -0.3 is 10.6 Å². The maximum Gasteiger partial charge on any atom is 0.257 e. The molecule has 0 aliphatic rings. The lowest BCUT2D eigenvalue weighted by atomic mass is 10.1. The molecule has 2 aromatic heterocycles. The average molecular weight is 396 g/mol. The van der Waals surface area contributed by atoms with E-state index in [0.29, 0.717) is 28.9 Å². The van der Waals surface area contributed by atoms with Gasteiger partial charge in [-0.15, -0.1) is 0 Å². The first-order valence-electron chi connectivity index (χ1n) is 9.54. The zero-order chi connectivity index (χ0) is 20.9. The maximum atomic E-state index is 12.7. The summed E-state index contributed by atoms with van der Waals surface area (Å²) in [5.74, 6) is -0.640. The SMILES string of the molecule is Cc1ccc(CNC(=O)c2cncc(C(=O)Nc3cccc4cccnc34)c2)cc1. The number of carbonyl (C=O) groups excluding carboxylic acids is 2. The molecule has 2 heterocycles. The van der Waals surface area contributed by atoms with Gasteiger partial charge in [-0.25, -0.2) is 0 Å². The van der Waals surface area contributed by atoms with Crippen LogP contribution in [0.25, 0.3) is 10.9 Å². The summed E-state index contributed by atoms with van der Waals surface area (Å²) >= 11 is 0. The van der Waals surface area contributed by atoms with E-state index in [0.717, 1.165) is 16.5 Å². The predicted molar refractivity (Wildman–Crippen MR) is 116 cm³/mol. The highest BCUT2D eigenvalue weighted by Crippen LogP contribution is 2.21. The molecule has 4 aromatic rings. The fourth-order valence-electron chi connectivity index (χ4n) is 3.08. The fourth-order valence-corrected chi connectivity index (χ4v) is 3.08. The Morgan fingerprint density at radius 1 is 0.900 bits per heavy atom. The predicted octanol–water partition coefficient (Wildman–Crippen LogP) is 4.12. The number of amides is 2. The molecule has 0 saturated carbocycles. The zero-order valence-electron chi connectivity index (χ0n) is 16.4. The first kappa shape index (κ1) is 19.3. The van der Waals surface area contributed by atoms with Crippen LogP contribution in [0, 0.1) is 6.92 Å². The van der Waals surface area contributed by atoms with Gasteiger partial charge in [0, 0.05) is 30.5 Å². The molecule has 0 unspecified atom stereocenters. The Morgan fingerprint density at radius 2 is 1.63 bits per heavy atom. The normalized spacial score (nSPS) is 10.6. The van der Waals surface area contributed by atoms with Crippen LogP contribution in [0.4, 0.5) is 5.69 Å². The first-order valence-corrected chi connectivity index (χ1v) is 9.54. The number of hydrogen-bond acceptors (Lipinski definition) is 4. The van der Waals surface area contributed by atoms with E-state index in [4.69, 9.17) is 0 Å². The lowest BCUT2D eigenvalue weighted by Gasteiger charge is -2.09.